The summed E-state index contributed by atoms with van der Waals surface area (Å²) in [7, 11) is 0. The molecule has 132 valence electrons. The number of fused-ring (bicyclic) bond motifs is 2. The topological polar surface area (TPSA) is 77.1 Å². The van der Waals surface area contributed by atoms with Crippen molar-refractivity contribution in [1.82, 2.24) is 29.5 Å². The Morgan fingerprint density at radius 2 is 2.12 bits per heavy atom. The predicted octanol–water partition coefficient (Wildman–Crippen LogP) is 2.14. The zero-order chi connectivity index (χ0) is 17.9. The molecule has 0 radical (unpaired) electrons. The van der Waals surface area contributed by atoms with Crippen LogP contribution in [0.1, 0.15) is 17.7 Å². The summed E-state index contributed by atoms with van der Waals surface area (Å²) in [6.07, 6.45) is 7.27. The number of carbonyl (C=O) groups is 1. The lowest BCUT2D eigenvalue weighted by molar-refractivity contribution is -0.121. The number of benzene rings is 1. The second-order valence-corrected chi connectivity index (χ2v) is 6.37. The van der Waals surface area contributed by atoms with E-state index in [1.807, 2.05) is 54.2 Å². The van der Waals surface area contributed by atoms with Crippen LogP contribution >= 0.6 is 0 Å². The zero-order valence-electron chi connectivity index (χ0n) is 14.6. The number of nitrogens with one attached hydrogen (secondary N) is 1. The van der Waals surface area contributed by atoms with Gasteiger partial charge in [0.05, 0.1) is 23.1 Å². The molecule has 7 nitrogen and oxygen atoms in total. The highest BCUT2D eigenvalue weighted by Gasteiger charge is 2.07. The monoisotopic (exact) mass is 348 g/mol. The first-order valence-electron chi connectivity index (χ1n) is 8.66. The predicted molar refractivity (Wildman–Crippen MR) is 98.8 cm³/mol. The highest BCUT2D eigenvalue weighted by molar-refractivity contribution is 5.80. The molecular weight excluding hydrogens is 328 g/mol. The number of hydrogen-bond donors (Lipinski definition) is 1. The van der Waals surface area contributed by atoms with Crippen LogP contribution in [0.4, 0.5) is 0 Å². The normalized spacial score (nSPS) is 11.3. The van der Waals surface area contributed by atoms with Gasteiger partial charge < -0.3 is 9.88 Å². The van der Waals surface area contributed by atoms with Crippen LogP contribution in [0.25, 0.3) is 16.7 Å². The van der Waals surface area contributed by atoms with Crippen LogP contribution in [0.5, 0.6) is 0 Å². The maximum absolute atomic E-state index is 12.2. The standard InChI is InChI=1S/C19H20N6O/c1-14-9-18-21-10-15(11-25(18)23-14)5-4-8-20-19(26)12-24-13-22-16-6-2-3-7-17(16)24/h2-3,6-7,9-11,13H,4-5,8,12H2,1H3,(H,20,26). The molecule has 0 aliphatic carbocycles. The maximum atomic E-state index is 12.2. The summed E-state index contributed by atoms with van der Waals surface area (Å²) in [5.74, 6) is -0.00979. The molecule has 3 aromatic heterocycles. The average molecular weight is 348 g/mol. The number of rotatable bonds is 6. The Labute approximate surface area is 150 Å². The van der Waals surface area contributed by atoms with Crippen molar-refractivity contribution in [2.75, 3.05) is 6.54 Å². The van der Waals surface area contributed by atoms with Crippen molar-refractivity contribution in [3.8, 4) is 0 Å². The van der Waals surface area contributed by atoms with Gasteiger partial charge in [0.1, 0.15) is 6.54 Å². The Morgan fingerprint density at radius 1 is 1.23 bits per heavy atom. The van der Waals surface area contributed by atoms with E-state index in [9.17, 15) is 4.79 Å². The Balaban J connectivity index is 1.28. The van der Waals surface area contributed by atoms with Crippen molar-refractivity contribution in [2.45, 2.75) is 26.3 Å². The van der Waals surface area contributed by atoms with E-state index in [-0.39, 0.29) is 12.5 Å². The lowest BCUT2D eigenvalue weighted by atomic mass is 10.2. The van der Waals surface area contributed by atoms with Crippen LogP contribution in [0.15, 0.2) is 49.1 Å². The fraction of sp³-hybridized carbons (Fsp3) is 0.263. The first-order valence-corrected chi connectivity index (χ1v) is 8.66. The van der Waals surface area contributed by atoms with Gasteiger partial charge in [-0.2, -0.15) is 5.10 Å². The van der Waals surface area contributed by atoms with E-state index in [2.05, 4.69) is 20.4 Å². The van der Waals surface area contributed by atoms with Crippen molar-refractivity contribution < 1.29 is 4.79 Å². The average Bonchev–Trinajstić information content (AvgIpc) is 3.21. The molecule has 1 amide bonds. The number of aryl methyl sites for hydroxylation is 2. The van der Waals surface area contributed by atoms with E-state index in [0.29, 0.717) is 6.54 Å². The van der Waals surface area contributed by atoms with Crippen LogP contribution in [-0.2, 0) is 17.8 Å². The van der Waals surface area contributed by atoms with E-state index >= 15 is 0 Å². The molecule has 4 aromatic rings. The van der Waals surface area contributed by atoms with Gasteiger partial charge in [0.2, 0.25) is 5.91 Å². The van der Waals surface area contributed by atoms with Gasteiger partial charge in [-0.25, -0.2) is 14.5 Å². The Hall–Kier alpha value is -3.22. The molecule has 0 aliphatic rings. The largest absolute Gasteiger partial charge is 0.355 e. The second-order valence-electron chi connectivity index (χ2n) is 6.37. The van der Waals surface area contributed by atoms with E-state index in [4.69, 9.17) is 0 Å². The number of aromatic nitrogens is 5. The molecule has 1 N–H and O–H groups in total. The summed E-state index contributed by atoms with van der Waals surface area (Å²) in [5.41, 5.74) is 4.78. The molecule has 26 heavy (non-hydrogen) atoms. The van der Waals surface area contributed by atoms with Crippen molar-refractivity contribution in [3.63, 3.8) is 0 Å². The summed E-state index contributed by atoms with van der Waals surface area (Å²) < 4.78 is 3.66. The minimum absolute atomic E-state index is 0.00979. The molecular formula is C19H20N6O. The molecule has 0 spiro atoms. The fourth-order valence-corrected chi connectivity index (χ4v) is 3.03. The van der Waals surface area contributed by atoms with Gasteiger partial charge >= 0.3 is 0 Å². The van der Waals surface area contributed by atoms with Crippen LogP contribution in [0, 0.1) is 6.92 Å². The van der Waals surface area contributed by atoms with Crippen molar-refractivity contribution >= 4 is 22.6 Å². The highest BCUT2D eigenvalue weighted by atomic mass is 16.1. The molecule has 0 aliphatic heterocycles. The molecule has 1 aromatic carbocycles. The summed E-state index contributed by atoms with van der Waals surface area (Å²) in [6, 6.07) is 9.75. The quantitative estimate of drug-likeness (QED) is 0.542. The number of hydrogen-bond acceptors (Lipinski definition) is 4. The molecule has 3 heterocycles. The van der Waals surface area contributed by atoms with Gasteiger partial charge in [0.15, 0.2) is 5.65 Å². The molecule has 4 rings (SSSR count). The van der Waals surface area contributed by atoms with Crippen LogP contribution in [0.3, 0.4) is 0 Å². The first-order chi connectivity index (χ1) is 12.7. The first kappa shape index (κ1) is 16.3. The molecule has 0 atom stereocenters. The molecule has 0 unspecified atom stereocenters. The summed E-state index contributed by atoms with van der Waals surface area (Å²) >= 11 is 0. The molecule has 7 heteroatoms. The fourth-order valence-electron chi connectivity index (χ4n) is 3.03. The molecule has 0 saturated carbocycles. The van der Waals surface area contributed by atoms with Crippen LogP contribution in [-0.4, -0.2) is 36.6 Å². The van der Waals surface area contributed by atoms with Gasteiger partial charge in [-0.1, -0.05) is 12.1 Å². The van der Waals surface area contributed by atoms with E-state index in [0.717, 1.165) is 40.8 Å². The summed E-state index contributed by atoms with van der Waals surface area (Å²) in [4.78, 5) is 20.9. The lowest BCUT2D eigenvalue weighted by Crippen LogP contribution is -2.28. The number of carbonyl (C=O) groups excluding carboxylic acids is 1. The Morgan fingerprint density at radius 3 is 3.04 bits per heavy atom. The number of amides is 1. The minimum Gasteiger partial charge on any atom is -0.355 e. The molecule has 0 bridgehead atoms. The number of para-hydroxylation sites is 2. The van der Waals surface area contributed by atoms with Crippen molar-refractivity contribution in [3.05, 3.63) is 60.3 Å². The molecule has 0 fully saturated rings. The third-order valence-corrected chi connectivity index (χ3v) is 4.29. The van der Waals surface area contributed by atoms with Gasteiger partial charge in [0, 0.05) is 25.0 Å². The van der Waals surface area contributed by atoms with Gasteiger partial charge in [-0.15, -0.1) is 0 Å². The van der Waals surface area contributed by atoms with E-state index < -0.39 is 0 Å². The lowest BCUT2D eigenvalue weighted by Gasteiger charge is -2.07. The third-order valence-electron chi connectivity index (χ3n) is 4.29. The second kappa shape index (κ2) is 6.95. The number of imidazole rings is 1. The van der Waals surface area contributed by atoms with Crippen molar-refractivity contribution in [1.29, 1.82) is 0 Å². The Bertz CT molecular complexity index is 1060. The number of nitrogens with zero attached hydrogens (tertiary/aromatic N) is 5. The van der Waals surface area contributed by atoms with Crippen LogP contribution < -0.4 is 5.32 Å². The SMILES string of the molecule is Cc1cc2ncc(CCCNC(=O)Cn3cnc4ccccc43)cn2n1. The maximum Gasteiger partial charge on any atom is 0.239 e. The van der Waals surface area contributed by atoms with Gasteiger partial charge in [-0.3, -0.25) is 4.79 Å². The van der Waals surface area contributed by atoms with Gasteiger partial charge in [0.25, 0.3) is 0 Å². The van der Waals surface area contributed by atoms with E-state index in [1.54, 1.807) is 10.8 Å². The Kier molecular flexibility index (Phi) is 4.35. The third kappa shape index (κ3) is 3.42. The summed E-state index contributed by atoms with van der Waals surface area (Å²) in [5, 5.41) is 7.34. The summed E-state index contributed by atoms with van der Waals surface area (Å²) in [6.45, 7) is 2.86. The smallest absolute Gasteiger partial charge is 0.239 e. The van der Waals surface area contributed by atoms with Crippen LogP contribution in [0.2, 0.25) is 0 Å². The van der Waals surface area contributed by atoms with E-state index in [1.165, 1.54) is 0 Å². The van der Waals surface area contributed by atoms with Gasteiger partial charge in [-0.05, 0) is 37.5 Å². The van der Waals surface area contributed by atoms with Crippen molar-refractivity contribution in [2.24, 2.45) is 0 Å². The molecule has 0 saturated heterocycles. The zero-order valence-corrected chi connectivity index (χ0v) is 14.6. The highest BCUT2D eigenvalue weighted by Crippen LogP contribution is 2.11. The minimum atomic E-state index is -0.00979.